The van der Waals surface area contributed by atoms with Crippen molar-refractivity contribution in [1.29, 1.82) is 0 Å². The van der Waals surface area contributed by atoms with Gasteiger partial charge < -0.3 is 5.32 Å². The highest BCUT2D eigenvalue weighted by molar-refractivity contribution is 7.98. The first-order chi connectivity index (χ1) is 8.54. The van der Waals surface area contributed by atoms with Crippen LogP contribution < -0.4 is 5.32 Å². The standard InChI is InChI=1S/C15H30N2S/c1-5-14(2)11-16-15(3,13-7-8-13)12-17(14)9-6-10-18-4/h13,16H,5-12H2,1-4H3. The Hall–Kier alpha value is 0.270. The first-order valence-electron chi connectivity index (χ1n) is 7.53. The summed E-state index contributed by atoms with van der Waals surface area (Å²) in [4.78, 5) is 2.78. The van der Waals surface area contributed by atoms with Gasteiger partial charge in [0.05, 0.1) is 0 Å². The Morgan fingerprint density at radius 1 is 1.33 bits per heavy atom. The molecule has 2 atom stereocenters. The highest BCUT2D eigenvalue weighted by atomic mass is 32.2. The van der Waals surface area contributed by atoms with Crippen LogP contribution in [0, 0.1) is 5.92 Å². The van der Waals surface area contributed by atoms with Crippen LogP contribution in [0.3, 0.4) is 0 Å². The molecule has 3 heteroatoms. The van der Waals surface area contributed by atoms with Crippen molar-refractivity contribution >= 4 is 11.8 Å². The third-order valence-corrected chi connectivity index (χ3v) is 5.87. The highest BCUT2D eigenvalue weighted by Crippen LogP contribution is 2.43. The van der Waals surface area contributed by atoms with Crippen molar-refractivity contribution in [3.63, 3.8) is 0 Å². The Labute approximate surface area is 117 Å². The van der Waals surface area contributed by atoms with Crippen LogP contribution in [0.5, 0.6) is 0 Å². The molecule has 2 fully saturated rings. The summed E-state index contributed by atoms with van der Waals surface area (Å²) in [5.41, 5.74) is 0.751. The Morgan fingerprint density at radius 2 is 2.06 bits per heavy atom. The molecule has 1 aliphatic heterocycles. The number of nitrogens with one attached hydrogen (secondary N) is 1. The lowest BCUT2D eigenvalue weighted by atomic mass is 9.84. The van der Waals surface area contributed by atoms with Crippen molar-refractivity contribution in [2.75, 3.05) is 31.6 Å². The second kappa shape index (κ2) is 5.72. The van der Waals surface area contributed by atoms with Crippen LogP contribution in [-0.4, -0.2) is 47.6 Å². The van der Waals surface area contributed by atoms with E-state index in [1.807, 2.05) is 11.8 Å². The van der Waals surface area contributed by atoms with Gasteiger partial charge in [0, 0.05) is 24.2 Å². The second-order valence-electron chi connectivity index (χ2n) is 6.66. The molecule has 0 aromatic carbocycles. The zero-order valence-corrected chi connectivity index (χ0v) is 13.4. The fourth-order valence-corrected chi connectivity index (χ4v) is 3.66. The van der Waals surface area contributed by atoms with Crippen LogP contribution in [-0.2, 0) is 0 Å². The van der Waals surface area contributed by atoms with Gasteiger partial charge in [0.15, 0.2) is 0 Å². The van der Waals surface area contributed by atoms with Gasteiger partial charge in [-0.25, -0.2) is 0 Å². The molecule has 106 valence electrons. The molecule has 1 saturated carbocycles. The molecular formula is C15H30N2S. The quantitative estimate of drug-likeness (QED) is 0.747. The van der Waals surface area contributed by atoms with E-state index in [2.05, 4.69) is 37.2 Å². The van der Waals surface area contributed by atoms with Crippen molar-refractivity contribution < 1.29 is 0 Å². The smallest absolute Gasteiger partial charge is 0.0309 e. The number of hydrogen-bond donors (Lipinski definition) is 1. The first-order valence-corrected chi connectivity index (χ1v) is 8.92. The average Bonchev–Trinajstić information content (AvgIpc) is 3.19. The number of rotatable bonds is 6. The summed E-state index contributed by atoms with van der Waals surface area (Å²) in [7, 11) is 0. The lowest BCUT2D eigenvalue weighted by Gasteiger charge is -2.52. The van der Waals surface area contributed by atoms with Gasteiger partial charge in [-0.2, -0.15) is 11.8 Å². The minimum absolute atomic E-state index is 0.368. The zero-order valence-electron chi connectivity index (χ0n) is 12.6. The normalized spacial score (nSPS) is 38.0. The Morgan fingerprint density at radius 3 is 2.61 bits per heavy atom. The van der Waals surface area contributed by atoms with Crippen LogP contribution in [0.4, 0.5) is 0 Å². The molecule has 1 saturated heterocycles. The SMILES string of the molecule is CCC1(C)CNC(C)(C2CC2)CN1CCCSC. The van der Waals surface area contributed by atoms with Gasteiger partial charge >= 0.3 is 0 Å². The highest BCUT2D eigenvalue weighted by Gasteiger charge is 2.48. The molecule has 2 aliphatic rings. The largest absolute Gasteiger partial charge is 0.308 e. The summed E-state index contributed by atoms with van der Waals surface area (Å²) < 4.78 is 0. The molecule has 0 amide bonds. The monoisotopic (exact) mass is 270 g/mol. The number of hydrogen-bond acceptors (Lipinski definition) is 3. The van der Waals surface area contributed by atoms with Gasteiger partial charge in [-0.05, 0) is 64.0 Å². The summed E-state index contributed by atoms with van der Waals surface area (Å²) in [5, 5.41) is 3.87. The lowest BCUT2D eigenvalue weighted by molar-refractivity contribution is 0.0111. The molecule has 1 aliphatic carbocycles. The summed E-state index contributed by atoms with van der Waals surface area (Å²) in [6.45, 7) is 10.9. The fraction of sp³-hybridized carbons (Fsp3) is 1.00. The van der Waals surface area contributed by atoms with Crippen molar-refractivity contribution in [1.82, 2.24) is 10.2 Å². The van der Waals surface area contributed by atoms with Gasteiger partial charge in [-0.1, -0.05) is 6.92 Å². The molecule has 0 radical (unpaired) electrons. The Bertz CT molecular complexity index is 280. The van der Waals surface area contributed by atoms with Crippen LogP contribution in [0.15, 0.2) is 0 Å². The molecule has 18 heavy (non-hydrogen) atoms. The van der Waals surface area contributed by atoms with E-state index >= 15 is 0 Å². The third-order valence-electron chi connectivity index (χ3n) is 5.17. The molecule has 0 bridgehead atoms. The Balaban J connectivity index is 1.98. The molecule has 2 nitrogen and oxygen atoms in total. The third kappa shape index (κ3) is 3.05. The molecule has 2 rings (SSSR count). The van der Waals surface area contributed by atoms with Crippen molar-refractivity contribution in [3.05, 3.63) is 0 Å². The van der Waals surface area contributed by atoms with E-state index in [9.17, 15) is 0 Å². The summed E-state index contributed by atoms with van der Waals surface area (Å²) >= 11 is 1.97. The number of piperazine rings is 1. The van der Waals surface area contributed by atoms with Gasteiger partial charge in [0.25, 0.3) is 0 Å². The lowest BCUT2D eigenvalue weighted by Crippen LogP contribution is -2.68. The number of thioether (sulfide) groups is 1. The maximum atomic E-state index is 3.87. The van der Waals surface area contributed by atoms with E-state index in [4.69, 9.17) is 0 Å². The molecular weight excluding hydrogens is 240 g/mol. The predicted molar refractivity (Wildman–Crippen MR) is 82.4 cm³/mol. The van der Waals surface area contributed by atoms with E-state index in [-0.39, 0.29) is 0 Å². The molecule has 1 heterocycles. The van der Waals surface area contributed by atoms with Crippen LogP contribution in [0.1, 0.15) is 46.5 Å². The van der Waals surface area contributed by atoms with Gasteiger partial charge in [-0.3, -0.25) is 4.90 Å². The number of nitrogens with zero attached hydrogens (tertiary/aromatic N) is 1. The summed E-state index contributed by atoms with van der Waals surface area (Å²) in [6, 6.07) is 0. The molecule has 2 unspecified atom stereocenters. The molecule has 0 aromatic heterocycles. The summed E-state index contributed by atoms with van der Waals surface area (Å²) in [6.07, 6.45) is 7.67. The minimum Gasteiger partial charge on any atom is -0.308 e. The van der Waals surface area contributed by atoms with E-state index in [0.717, 1.165) is 12.5 Å². The van der Waals surface area contributed by atoms with Crippen molar-refractivity contribution in [2.24, 2.45) is 5.92 Å². The maximum absolute atomic E-state index is 3.87. The van der Waals surface area contributed by atoms with E-state index in [0.29, 0.717) is 11.1 Å². The van der Waals surface area contributed by atoms with Gasteiger partial charge in [0.2, 0.25) is 0 Å². The van der Waals surface area contributed by atoms with E-state index in [1.165, 1.54) is 44.5 Å². The molecule has 1 N–H and O–H groups in total. The van der Waals surface area contributed by atoms with Crippen LogP contribution in [0.25, 0.3) is 0 Å². The van der Waals surface area contributed by atoms with Gasteiger partial charge in [0.1, 0.15) is 0 Å². The van der Waals surface area contributed by atoms with Gasteiger partial charge in [-0.15, -0.1) is 0 Å². The van der Waals surface area contributed by atoms with Crippen LogP contribution in [0.2, 0.25) is 0 Å². The Kier molecular flexibility index (Phi) is 4.66. The van der Waals surface area contributed by atoms with Crippen LogP contribution >= 0.6 is 11.8 Å². The molecule has 0 spiro atoms. The van der Waals surface area contributed by atoms with E-state index in [1.54, 1.807) is 0 Å². The zero-order chi connectivity index (χ0) is 13.2. The van der Waals surface area contributed by atoms with Crippen molar-refractivity contribution in [3.8, 4) is 0 Å². The predicted octanol–water partition coefficient (Wildman–Crippen LogP) is 2.98. The average molecular weight is 270 g/mol. The van der Waals surface area contributed by atoms with E-state index < -0.39 is 0 Å². The topological polar surface area (TPSA) is 15.3 Å². The maximum Gasteiger partial charge on any atom is 0.0309 e. The fourth-order valence-electron chi connectivity index (χ4n) is 3.24. The first kappa shape index (κ1) is 14.7. The second-order valence-corrected chi connectivity index (χ2v) is 7.65. The minimum atomic E-state index is 0.368. The summed E-state index contributed by atoms with van der Waals surface area (Å²) in [5.74, 6) is 2.23. The molecule has 0 aromatic rings. The van der Waals surface area contributed by atoms with Crippen molar-refractivity contribution in [2.45, 2.75) is 57.5 Å².